The summed E-state index contributed by atoms with van der Waals surface area (Å²) >= 11 is 3.57. The third kappa shape index (κ3) is 3.82. The summed E-state index contributed by atoms with van der Waals surface area (Å²) in [5, 5.41) is 2.29. The van der Waals surface area contributed by atoms with Gasteiger partial charge in [-0.3, -0.25) is 0 Å². The summed E-state index contributed by atoms with van der Waals surface area (Å²) in [4.78, 5) is 6.80. The molecule has 6 heteroatoms. The second-order valence-corrected chi connectivity index (χ2v) is 8.69. The normalized spacial score (nSPS) is 20.2. The Morgan fingerprint density at radius 3 is 2.76 bits per heavy atom. The van der Waals surface area contributed by atoms with Crippen molar-refractivity contribution >= 4 is 39.0 Å². The van der Waals surface area contributed by atoms with E-state index in [1.165, 1.54) is 16.0 Å². The summed E-state index contributed by atoms with van der Waals surface area (Å²) < 4.78 is 8.61. The van der Waals surface area contributed by atoms with Crippen LogP contribution in [0.1, 0.15) is 11.8 Å². The fourth-order valence-corrected chi connectivity index (χ4v) is 5.07. The minimum absolute atomic E-state index is 0.108. The Balaban J connectivity index is 1.34. The number of thioether (sulfide) groups is 1. The average molecular weight is 373 g/mol. The van der Waals surface area contributed by atoms with Crippen molar-refractivity contribution in [3.05, 3.63) is 54.1 Å². The van der Waals surface area contributed by atoms with E-state index in [0.29, 0.717) is 0 Å². The van der Waals surface area contributed by atoms with Gasteiger partial charge in [0.15, 0.2) is 4.34 Å². The van der Waals surface area contributed by atoms with Gasteiger partial charge in [0.1, 0.15) is 12.6 Å². The zero-order valence-electron chi connectivity index (χ0n) is 14.4. The van der Waals surface area contributed by atoms with Gasteiger partial charge >= 0.3 is 0 Å². The Bertz CT molecular complexity index is 814. The average Bonchev–Trinajstić information content (AvgIpc) is 3.26. The molecule has 0 amide bonds. The summed E-state index contributed by atoms with van der Waals surface area (Å²) in [7, 11) is 4.12. The first-order valence-corrected chi connectivity index (χ1v) is 10.2. The predicted octanol–water partition coefficient (Wildman–Crippen LogP) is 3.12. The number of anilines is 1. The van der Waals surface area contributed by atoms with Gasteiger partial charge in [0.05, 0.1) is 10.2 Å². The molecule has 1 aliphatic rings. The van der Waals surface area contributed by atoms with Gasteiger partial charge in [0, 0.05) is 31.1 Å². The van der Waals surface area contributed by atoms with Crippen LogP contribution in [0.15, 0.2) is 52.9 Å². The van der Waals surface area contributed by atoms with Crippen LogP contribution in [0.4, 0.5) is 5.69 Å². The lowest BCUT2D eigenvalue weighted by atomic mass is 10.2. The van der Waals surface area contributed by atoms with Crippen LogP contribution >= 0.6 is 23.1 Å². The van der Waals surface area contributed by atoms with E-state index in [-0.39, 0.29) is 12.3 Å². The number of quaternary nitrogens is 1. The molecule has 2 atom stereocenters. The predicted molar refractivity (Wildman–Crippen MR) is 106 cm³/mol. The Kier molecular flexibility index (Phi) is 4.94. The molecule has 0 saturated carbocycles. The number of benzene rings is 2. The number of aromatic nitrogens is 1. The standard InChI is InChI=1S/C19H21N3OS2/c1-22(2)14-9-7-13(8-10-14)18-20-11-15(23-18)12-24-19-21-16-5-3-4-6-17(16)25-19/h3-10,15,18,20H,11-12H2,1-2H3/p+1/t15-,18-/m1/s1. The number of nitrogens with zero attached hydrogens (tertiary/aromatic N) is 2. The highest BCUT2D eigenvalue weighted by Crippen LogP contribution is 2.30. The minimum Gasteiger partial charge on any atom is -0.378 e. The maximum atomic E-state index is 6.23. The zero-order valence-corrected chi connectivity index (χ0v) is 16.0. The summed E-state index contributed by atoms with van der Waals surface area (Å²) in [5.74, 6) is 0.947. The van der Waals surface area contributed by atoms with Crippen LogP contribution < -0.4 is 10.2 Å². The highest BCUT2D eigenvalue weighted by molar-refractivity contribution is 8.01. The van der Waals surface area contributed by atoms with Gasteiger partial charge in [-0.1, -0.05) is 23.9 Å². The van der Waals surface area contributed by atoms with Crippen molar-refractivity contribution in [1.82, 2.24) is 4.98 Å². The molecule has 1 saturated heterocycles. The van der Waals surface area contributed by atoms with E-state index in [2.05, 4.69) is 71.8 Å². The van der Waals surface area contributed by atoms with Crippen molar-refractivity contribution in [3.63, 3.8) is 0 Å². The molecule has 0 aliphatic carbocycles. The molecule has 2 heterocycles. The molecule has 0 unspecified atom stereocenters. The van der Waals surface area contributed by atoms with Crippen LogP contribution in [0.5, 0.6) is 0 Å². The van der Waals surface area contributed by atoms with Crippen molar-refractivity contribution < 1.29 is 10.1 Å². The molecule has 0 radical (unpaired) electrons. The van der Waals surface area contributed by atoms with Crippen molar-refractivity contribution in [2.24, 2.45) is 0 Å². The SMILES string of the molecule is CN(C)c1ccc([C@@H]2[NH2+]C[C@H](CSc3nc4ccccc4s3)O2)cc1. The van der Waals surface area contributed by atoms with E-state index >= 15 is 0 Å². The summed E-state index contributed by atoms with van der Waals surface area (Å²) in [6.45, 7) is 0.998. The smallest absolute Gasteiger partial charge is 0.217 e. The largest absolute Gasteiger partial charge is 0.378 e. The van der Waals surface area contributed by atoms with Gasteiger partial charge in [-0.15, -0.1) is 11.3 Å². The van der Waals surface area contributed by atoms with Gasteiger partial charge < -0.3 is 15.0 Å². The van der Waals surface area contributed by atoms with Crippen LogP contribution in [0.2, 0.25) is 0 Å². The number of nitrogens with two attached hydrogens (primary N) is 1. The third-order valence-electron chi connectivity index (χ3n) is 4.36. The number of para-hydroxylation sites is 1. The fourth-order valence-electron chi connectivity index (χ4n) is 2.95. The summed E-state index contributed by atoms with van der Waals surface area (Å²) in [6, 6.07) is 16.9. The van der Waals surface area contributed by atoms with Gasteiger partial charge in [0.25, 0.3) is 0 Å². The second kappa shape index (κ2) is 7.33. The van der Waals surface area contributed by atoms with Crippen LogP contribution in [0.25, 0.3) is 10.2 Å². The molecular formula is C19H22N3OS2+. The molecule has 3 aromatic rings. The second-order valence-electron chi connectivity index (χ2n) is 6.39. The molecule has 0 spiro atoms. The van der Waals surface area contributed by atoms with E-state index in [1.54, 1.807) is 23.1 Å². The number of thiazole rings is 1. The van der Waals surface area contributed by atoms with Crippen LogP contribution in [0, 0.1) is 0 Å². The Hall–Kier alpha value is -1.60. The van der Waals surface area contributed by atoms with Gasteiger partial charge in [-0.2, -0.15) is 0 Å². The summed E-state index contributed by atoms with van der Waals surface area (Å²) in [6.07, 6.45) is 0.368. The zero-order chi connectivity index (χ0) is 17.2. The van der Waals surface area contributed by atoms with Crippen molar-refractivity contribution in [2.45, 2.75) is 16.7 Å². The molecule has 2 aromatic carbocycles. The van der Waals surface area contributed by atoms with E-state index in [1.807, 2.05) is 6.07 Å². The Morgan fingerprint density at radius 2 is 2.00 bits per heavy atom. The number of hydrogen-bond donors (Lipinski definition) is 1. The van der Waals surface area contributed by atoms with Crippen LogP contribution in [-0.4, -0.2) is 37.5 Å². The topological polar surface area (TPSA) is 42.0 Å². The number of hydrogen-bond acceptors (Lipinski definition) is 5. The quantitative estimate of drug-likeness (QED) is 0.699. The molecule has 25 heavy (non-hydrogen) atoms. The molecule has 4 nitrogen and oxygen atoms in total. The van der Waals surface area contributed by atoms with Crippen LogP contribution in [-0.2, 0) is 4.74 Å². The lowest BCUT2D eigenvalue weighted by Crippen LogP contribution is -2.82. The van der Waals surface area contributed by atoms with E-state index < -0.39 is 0 Å². The minimum atomic E-state index is 0.108. The van der Waals surface area contributed by atoms with E-state index in [0.717, 1.165) is 22.2 Å². The van der Waals surface area contributed by atoms with Crippen molar-refractivity contribution in [1.29, 1.82) is 0 Å². The molecule has 0 bridgehead atoms. The van der Waals surface area contributed by atoms with Gasteiger partial charge in [-0.05, 0) is 36.4 Å². The van der Waals surface area contributed by atoms with Crippen molar-refractivity contribution in [2.75, 3.05) is 31.3 Å². The molecule has 1 aliphatic heterocycles. The first kappa shape index (κ1) is 16.8. The lowest BCUT2D eigenvalue weighted by Gasteiger charge is -2.14. The molecule has 4 rings (SSSR count). The summed E-state index contributed by atoms with van der Waals surface area (Å²) in [5.41, 5.74) is 3.54. The first-order chi connectivity index (χ1) is 12.2. The number of fused-ring (bicyclic) bond motifs is 1. The maximum absolute atomic E-state index is 6.23. The van der Waals surface area contributed by atoms with Gasteiger partial charge in [-0.25, -0.2) is 4.98 Å². The maximum Gasteiger partial charge on any atom is 0.217 e. The highest BCUT2D eigenvalue weighted by Gasteiger charge is 2.30. The van der Waals surface area contributed by atoms with Gasteiger partial charge in [0.2, 0.25) is 6.23 Å². The molecule has 1 fully saturated rings. The number of rotatable bonds is 5. The Labute approximate surface area is 156 Å². The highest BCUT2D eigenvalue weighted by atomic mass is 32.2. The van der Waals surface area contributed by atoms with Crippen molar-refractivity contribution in [3.8, 4) is 0 Å². The van der Waals surface area contributed by atoms with E-state index in [9.17, 15) is 0 Å². The molecular weight excluding hydrogens is 350 g/mol. The molecule has 1 aromatic heterocycles. The Morgan fingerprint density at radius 1 is 1.20 bits per heavy atom. The van der Waals surface area contributed by atoms with Crippen LogP contribution in [0.3, 0.4) is 0 Å². The first-order valence-electron chi connectivity index (χ1n) is 8.43. The fraction of sp³-hybridized carbons (Fsp3) is 0.316. The monoisotopic (exact) mass is 372 g/mol. The molecule has 130 valence electrons. The lowest BCUT2D eigenvalue weighted by molar-refractivity contribution is -0.697. The van der Waals surface area contributed by atoms with E-state index in [4.69, 9.17) is 4.74 Å². The number of ether oxygens (including phenoxy) is 1. The molecule has 2 N–H and O–H groups in total. The third-order valence-corrected chi connectivity index (χ3v) is 6.67.